The third-order valence-electron chi connectivity index (χ3n) is 6.19. The first-order chi connectivity index (χ1) is 17.9. The Morgan fingerprint density at radius 3 is 2.54 bits per heavy atom. The van der Waals surface area contributed by atoms with Crippen molar-refractivity contribution in [1.29, 1.82) is 0 Å². The van der Waals surface area contributed by atoms with Crippen LogP contribution in [0.3, 0.4) is 0 Å². The van der Waals surface area contributed by atoms with Crippen LogP contribution in [0.1, 0.15) is 11.3 Å². The van der Waals surface area contributed by atoms with Crippen LogP contribution in [0.25, 0.3) is 10.9 Å². The van der Waals surface area contributed by atoms with Crippen molar-refractivity contribution < 1.29 is 22.7 Å². The zero-order valence-corrected chi connectivity index (χ0v) is 19.8. The van der Waals surface area contributed by atoms with Crippen molar-refractivity contribution in [2.24, 2.45) is 0 Å². The predicted octanol–water partition coefficient (Wildman–Crippen LogP) is 5.84. The Morgan fingerprint density at radius 2 is 1.73 bits per heavy atom. The van der Waals surface area contributed by atoms with Gasteiger partial charge in [-0.3, -0.25) is 9.69 Å². The maximum atomic E-state index is 13.4. The van der Waals surface area contributed by atoms with E-state index in [1.54, 1.807) is 48.5 Å². The van der Waals surface area contributed by atoms with Gasteiger partial charge in [-0.25, -0.2) is 4.98 Å². The van der Waals surface area contributed by atoms with Crippen molar-refractivity contribution in [2.45, 2.75) is 18.8 Å². The molecule has 0 saturated carbocycles. The quantitative estimate of drug-likeness (QED) is 0.344. The summed E-state index contributed by atoms with van der Waals surface area (Å²) in [5, 5.41) is 6.56. The average molecular weight is 507 g/mol. The molecular weight excluding hydrogens is 481 g/mol. The Labute approximate surface area is 212 Å². The largest absolute Gasteiger partial charge is 0.433 e. The van der Waals surface area contributed by atoms with Gasteiger partial charge in [0, 0.05) is 29.9 Å². The maximum absolute atomic E-state index is 13.4. The van der Waals surface area contributed by atoms with E-state index in [2.05, 4.69) is 20.5 Å². The summed E-state index contributed by atoms with van der Waals surface area (Å²) in [7, 11) is 0. The first kappa shape index (κ1) is 24.7. The van der Waals surface area contributed by atoms with Gasteiger partial charge >= 0.3 is 6.18 Å². The number of hydrogen-bond acceptors (Lipinski definition) is 5. The molecule has 4 aromatic rings. The molecule has 2 N–H and O–H groups in total. The van der Waals surface area contributed by atoms with E-state index in [0.29, 0.717) is 36.5 Å². The smallest absolute Gasteiger partial charge is 0.378 e. The second-order valence-corrected chi connectivity index (χ2v) is 8.81. The number of ether oxygens (including phenoxy) is 1. The van der Waals surface area contributed by atoms with Crippen LogP contribution in [-0.4, -0.2) is 41.6 Å². The fraction of sp³-hybridized carbons (Fsp3) is 0.214. The number of amides is 1. The Balaban J connectivity index is 1.34. The van der Waals surface area contributed by atoms with Gasteiger partial charge in [-0.05, 0) is 35.9 Å². The molecule has 1 unspecified atom stereocenters. The average Bonchev–Trinajstić information content (AvgIpc) is 2.89. The summed E-state index contributed by atoms with van der Waals surface area (Å²) >= 11 is 0. The molecule has 3 aromatic carbocycles. The van der Waals surface area contributed by atoms with E-state index in [9.17, 15) is 18.0 Å². The number of aromatic nitrogens is 1. The van der Waals surface area contributed by atoms with Crippen molar-refractivity contribution >= 4 is 33.9 Å². The van der Waals surface area contributed by atoms with Crippen molar-refractivity contribution in [1.82, 2.24) is 9.88 Å². The normalized spacial score (nSPS) is 16.5. The van der Waals surface area contributed by atoms with Gasteiger partial charge in [0.1, 0.15) is 11.7 Å². The van der Waals surface area contributed by atoms with E-state index >= 15 is 0 Å². The molecule has 37 heavy (non-hydrogen) atoms. The molecular formula is C28H25F3N4O2. The summed E-state index contributed by atoms with van der Waals surface area (Å²) in [6, 6.07) is 24.0. The minimum absolute atomic E-state index is 0.207. The highest BCUT2D eigenvalue weighted by molar-refractivity contribution is 5.96. The molecule has 0 bridgehead atoms. The Kier molecular flexibility index (Phi) is 7.07. The van der Waals surface area contributed by atoms with E-state index in [4.69, 9.17) is 4.74 Å². The standard InChI is InChI=1S/C28H25F3N4O2/c29-28(30,31)26-16-24(22-11-4-5-12-23(22)34-26)32-20-9-6-10-21(15-20)33-27(36)25-18-37-14-13-35(25)17-19-7-2-1-3-8-19/h1-12,15-16,25H,13-14,17-18H2,(H,32,34)(H,33,36). The molecule has 1 aliphatic heterocycles. The van der Waals surface area contributed by atoms with Crippen LogP contribution in [0.15, 0.2) is 84.9 Å². The van der Waals surface area contributed by atoms with Gasteiger partial charge in [0.25, 0.3) is 0 Å². The van der Waals surface area contributed by atoms with Crippen LogP contribution in [0, 0.1) is 0 Å². The zero-order chi connectivity index (χ0) is 25.8. The predicted molar refractivity (Wildman–Crippen MR) is 137 cm³/mol. The highest BCUT2D eigenvalue weighted by Crippen LogP contribution is 2.34. The number of morpholine rings is 1. The highest BCUT2D eigenvalue weighted by Gasteiger charge is 2.33. The molecule has 1 saturated heterocycles. The topological polar surface area (TPSA) is 66.5 Å². The molecule has 1 aliphatic rings. The van der Waals surface area contributed by atoms with Gasteiger partial charge in [-0.15, -0.1) is 0 Å². The van der Waals surface area contributed by atoms with E-state index in [-0.39, 0.29) is 23.7 Å². The number of halogens is 3. The molecule has 0 radical (unpaired) electrons. The van der Waals surface area contributed by atoms with E-state index in [1.807, 2.05) is 30.3 Å². The second kappa shape index (κ2) is 10.6. The summed E-state index contributed by atoms with van der Waals surface area (Å²) in [5.74, 6) is -0.207. The van der Waals surface area contributed by atoms with Gasteiger partial charge in [0.2, 0.25) is 5.91 Å². The number of nitrogens with zero attached hydrogens (tertiary/aromatic N) is 2. The minimum Gasteiger partial charge on any atom is -0.378 e. The second-order valence-electron chi connectivity index (χ2n) is 8.81. The summed E-state index contributed by atoms with van der Waals surface area (Å²) in [4.78, 5) is 19.0. The molecule has 0 aliphatic carbocycles. The van der Waals surface area contributed by atoms with Crippen molar-refractivity contribution in [3.05, 3.63) is 96.2 Å². The van der Waals surface area contributed by atoms with E-state index < -0.39 is 17.9 Å². The molecule has 0 spiro atoms. The molecule has 1 aromatic heterocycles. The third kappa shape index (κ3) is 5.90. The van der Waals surface area contributed by atoms with Gasteiger partial charge in [0.15, 0.2) is 0 Å². The number of benzene rings is 3. The summed E-state index contributed by atoms with van der Waals surface area (Å²) in [5.41, 5.74) is 1.69. The molecule has 1 atom stereocenters. The van der Waals surface area contributed by atoms with Crippen molar-refractivity contribution in [3.63, 3.8) is 0 Å². The van der Waals surface area contributed by atoms with E-state index in [0.717, 1.165) is 11.6 Å². The van der Waals surface area contributed by atoms with Crippen LogP contribution in [0.5, 0.6) is 0 Å². The Morgan fingerprint density at radius 1 is 0.973 bits per heavy atom. The van der Waals surface area contributed by atoms with Crippen LogP contribution < -0.4 is 10.6 Å². The first-order valence-corrected chi connectivity index (χ1v) is 11.9. The third-order valence-corrected chi connectivity index (χ3v) is 6.19. The molecule has 1 fully saturated rings. The van der Waals surface area contributed by atoms with Crippen LogP contribution in [-0.2, 0) is 22.3 Å². The monoisotopic (exact) mass is 506 g/mol. The van der Waals surface area contributed by atoms with E-state index in [1.165, 1.54) is 0 Å². The van der Waals surface area contributed by atoms with Gasteiger partial charge in [-0.2, -0.15) is 13.2 Å². The van der Waals surface area contributed by atoms with Crippen molar-refractivity contribution in [3.8, 4) is 0 Å². The fourth-order valence-corrected chi connectivity index (χ4v) is 4.37. The number of carbonyl (C=O) groups is 1. The lowest BCUT2D eigenvalue weighted by atomic mass is 10.1. The molecule has 2 heterocycles. The molecule has 9 heteroatoms. The SMILES string of the molecule is O=C(Nc1cccc(Nc2cc(C(F)(F)F)nc3ccccc23)c1)C1COCCN1Cc1ccccc1. The summed E-state index contributed by atoms with van der Waals surface area (Å²) in [6.07, 6.45) is -4.58. The lowest BCUT2D eigenvalue weighted by molar-refractivity contribution is -0.140. The molecule has 1 amide bonds. The number of fused-ring (bicyclic) bond motifs is 1. The number of pyridine rings is 1. The summed E-state index contributed by atoms with van der Waals surface area (Å²) in [6.45, 7) is 2.08. The number of anilines is 3. The first-order valence-electron chi connectivity index (χ1n) is 11.9. The van der Waals surface area contributed by atoms with Gasteiger partial charge < -0.3 is 15.4 Å². The lowest BCUT2D eigenvalue weighted by Gasteiger charge is -2.34. The van der Waals surface area contributed by atoms with Crippen LogP contribution >= 0.6 is 0 Å². The number of alkyl halides is 3. The number of para-hydroxylation sites is 1. The Bertz CT molecular complexity index is 1400. The number of nitrogens with one attached hydrogen (secondary N) is 2. The maximum Gasteiger partial charge on any atom is 0.433 e. The lowest BCUT2D eigenvalue weighted by Crippen LogP contribution is -2.51. The van der Waals surface area contributed by atoms with Gasteiger partial charge in [-0.1, -0.05) is 54.6 Å². The number of hydrogen-bond donors (Lipinski definition) is 2. The van der Waals surface area contributed by atoms with Gasteiger partial charge in [0.05, 0.1) is 24.4 Å². The fourth-order valence-electron chi connectivity index (χ4n) is 4.37. The minimum atomic E-state index is -4.58. The highest BCUT2D eigenvalue weighted by atomic mass is 19.4. The van der Waals surface area contributed by atoms with Crippen LogP contribution in [0.2, 0.25) is 0 Å². The molecule has 190 valence electrons. The molecule has 6 nitrogen and oxygen atoms in total. The van der Waals surface area contributed by atoms with Crippen molar-refractivity contribution in [2.75, 3.05) is 30.4 Å². The molecule has 5 rings (SSSR count). The summed E-state index contributed by atoms with van der Waals surface area (Å²) < 4.78 is 45.9. The van der Waals surface area contributed by atoms with Crippen LogP contribution in [0.4, 0.5) is 30.2 Å². The zero-order valence-electron chi connectivity index (χ0n) is 19.8. The number of rotatable bonds is 6. The number of carbonyl (C=O) groups excluding carboxylic acids is 1. The Hall–Kier alpha value is -3.95.